The summed E-state index contributed by atoms with van der Waals surface area (Å²) in [6, 6.07) is 9.91. The lowest BCUT2D eigenvalue weighted by atomic mass is 10.1. The molecule has 3 nitrogen and oxygen atoms in total. The minimum absolute atomic E-state index is 0.604. The molecule has 82 valence electrons. The van der Waals surface area contributed by atoms with E-state index in [-0.39, 0.29) is 0 Å². The number of aliphatic imine (C=N–C) groups is 1. The third kappa shape index (κ3) is 2.19. The number of hydrogen-bond donors (Lipinski definition) is 1. The van der Waals surface area contributed by atoms with Crippen molar-refractivity contribution < 1.29 is 0 Å². The summed E-state index contributed by atoms with van der Waals surface area (Å²) in [5, 5.41) is 1.09. The summed E-state index contributed by atoms with van der Waals surface area (Å²) in [6.45, 7) is 2.86. The molecule has 0 atom stereocenters. The van der Waals surface area contributed by atoms with Crippen molar-refractivity contribution in [2.24, 2.45) is 10.7 Å². The highest BCUT2D eigenvalue weighted by Gasteiger charge is 2.00. The van der Waals surface area contributed by atoms with Gasteiger partial charge in [-0.1, -0.05) is 13.0 Å². The van der Waals surface area contributed by atoms with Crippen LogP contribution in [0.15, 0.2) is 41.5 Å². The molecule has 0 saturated carbocycles. The summed E-state index contributed by atoms with van der Waals surface area (Å²) in [4.78, 5) is 8.56. The first-order valence-electron chi connectivity index (χ1n) is 5.46. The first-order chi connectivity index (χ1) is 7.81. The first kappa shape index (κ1) is 10.6. The van der Waals surface area contributed by atoms with Crippen LogP contribution in [0.25, 0.3) is 10.9 Å². The number of aromatic nitrogens is 1. The monoisotopic (exact) mass is 213 g/mol. The molecule has 1 heterocycles. The van der Waals surface area contributed by atoms with Crippen molar-refractivity contribution in [1.82, 2.24) is 4.98 Å². The number of nitrogens with two attached hydrogens (primary N) is 1. The van der Waals surface area contributed by atoms with E-state index in [2.05, 4.69) is 16.9 Å². The molecule has 0 radical (unpaired) electrons. The quantitative estimate of drug-likeness (QED) is 0.628. The normalized spacial score (nSPS) is 11.9. The van der Waals surface area contributed by atoms with Crippen LogP contribution in [0.3, 0.4) is 0 Å². The minimum atomic E-state index is 0.604. The molecule has 0 aliphatic carbocycles. The molecule has 16 heavy (non-hydrogen) atoms. The molecular weight excluding hydrogens is 198 g/mol. The molecule has 0 aliphatic heterocycles. The second-order valence-corrected chi connectivity index (χ2v) is 3.68. The number of amidine groups is 1. The maximum absolute atomic E-state index is 5.90. The zero-order valence-corrected chi connectivity index (χ0v) is 9.35. The fourth-order valence-corrected chi connectivity index (χ4v) is 1.56. The SMILES string of the molecule is CCCN=C(N)c1ccc2ncccc2c1. The summed E-state index contributed by atoms with van der Waals surface area (Å²) in [6.07, 6.45) is 2.80. The zero-order chi connectivity index (χ0) is 11.4. The molecule has 1 aromatic carbocycles. The van der Waals surface area contributed by atoms with Gasteiger partial charge in [0.2, 0.25) is 0 Å². The molecule has 0 fully saturated rings. The summed E-state index contributed by atoms with van der Waals surface area (Å²) in [7, 11) is 0. The Morgan fingerprint density at radius 2 is 2.25 bits per heavy atom. The molecule has 0 amide bonds. The van der Waals surface area contributed by atoms with Gasteiger partial charge in [-0.25, -0.2) is 0 Å². The van der Waals surface area contributed by atoms with E-state index in [1.54, 1.807) is 6.20 Å². The third-order valence-electron chi connectivity index (χ3n) is 2.40. The minimum Gasteiger partial charge on any atom is -0.384 e. The molecule has 0 unspecified atom stereocenters. The molecule has 0 bridgehead atoms. The van der Waals surface area contributed by atoms with Crippen LogP contribution in [-0.4, -0.2) is 17.4 Å². The maximum atomic E-state index is 5.90. The average Bonchev–Trinajstić information content (AvgIpc) is 2.35. The highest BCUT2D eigenvalue weighted by Crippen LogP contribution is 2.13. The molecule has 1 aromatic heterocycles. The Balaban J connectivity index is 2.39. The highest BCUT2D eigenvalue weighted by atomic mass is 14.8. The second-order valence-electron chi connectivity index (χ2n) is 3.68. The third-order valence-corrected chi connectivity index (χ3v) is 2.40. The zero-order valence-electron chi connectivity index (χ0n) is 9.35. The number of hydrogen-bond acceptors (Lipinski definition) is 2. The van der Waals surface area contributed by atoms with Crippen LogP contribution < -0.4 is 5.73 Å². The van der Waals surface area contributed by atoms with Crippen molar-refractivity contribution in [3.63, 3.8) is 0 Å². The Kier molecular flexibility index (Phi) is 3.15. The van der Waals surface area contributed by atoms with Crippen LogP contribution in [0.2, 0.25) is 0 Å². The molecular formula is C13H15N3. The topological polar surface area (TPSA) is 51.3 Å². The van der Waals surface area contributed by atoms with Gasteiger partial charge < -0.3 is 5.73 Å². The van der Waals surface area contributed by atoms with Gasteiger partial charge in [-0.05, 0) is 30.7 Å². The van der Waals surface area contributed by atoms with Gasteiger partial charge in [0.15, 0.2) is 0 Å². The van der Waals surface area contributed by atoms with E-state index in [1.165, 1.54) is 0 Å². The Morgan fingerprint density at radius 1 is 1.38 bits per heavy atom. The van der Waals surface area contributed by atoms with Gasteiger partial charge in [0.05, 0.1) is 5.52 Å². The van der Waals surface area contributed by atoms with E-state index < -0.39 is 0 Å². The summed E-state index contributed by atoms with van der Waals surface area (Å²) in [5.41, 5.74) is 7.85. The summed E-state index contributed by atoms with van der Waals surface area (Å²) < 4.78 is 0. The second kappa shape index (κ2) is 4.75. The largest absolute Gasteiger partial charge is 0.384 e. The average molecular weight is 213 g/mol. The summed E-state index contributed by atoms with van der Waals surface area (Å²) in [5.74, 6) is 0.604. The number of pyridine rings is 1. The van der Waals surface area contributed by atoms with Gasteiger partial charge in [0.1, 0.15) is 5.84 Å². The first-order valence-corrected chi connectivity index (χ1v) is 5.46. The van der Waals surface area contributed by atoms with Crippen molar-refractivity contribution in [3.05, 3.63) is 42.1 Å². The van der Waals surface area contributed by atoms with E-state index in [9.17, 15) is 0 Å². The maximum Gasteiger partial charge on any atom is 0.125 e. The number of benzene rings is 1. The lowest BCUT2D eigenvalue weighted by molar-refractivity contribution is 0.930. The van der Waals surface area contributed by atoms with E-state index in [0.717, 1.165) is 29.4 Å². The number of nitrogens with zero attached hydrogens (tertiary/aromatic N) is 2. The van der Waals surface area contributed by atoms with E-state index in [1.807, 2.05) is 30.3 Å². The molecule has 0 aliphatic rings. The van der Waals surface area contributed by atoms with Crippen LogP contribution in [0.5, 0.6) is 0 Å². The standard InChI is InChI=1S/C13H15N3/c1-2-7-16-13(14)11-5-6-12-10(9-11)4-3-8-15-12/h3-6,8-9H,2,7H2,1H3,(H2,14,16). The van der Waals surface area contributed by atoms with Gasteiger partial charge in [-0.15, -0.1) is 0 Å². The van der Waals surface area contributed by atoms with Crippen LogP contribution in [0, 0.1) is 0 Å². The molecule has 2 N–H and O–H groups in total. The Labute approximate surface area is 95.0 Å². The van der Waals surface area contributed by atoms with Gasteiger partial charge in [-0.3, -0.25) is 9.98 Å². The van der Waals surface area contributed by atoms with Gasteiger partial charge >= 0.3 is 0 Å². The van der Waals surface area contributed by atoms with Crippen molar-refractivity contribution in [2.45, 2.75) is 13.3 Å². The van der Waals surface area contributed by atoms with Gasteiger partial charge in [0.25, 0.3) is 0 Å². The smallest absolute Gasteiger partial charge is 0.125 e. The van der Waals surface area contributed by atoms with Crippen LogP contribution in [0.1, 0.15) is 18.9 Å². The Morgan fingerprint density at radius 3 is 3.06 bits per heavy atom. The number of rotatable bonds is 3. The Hall–Kier alpha value is -1.90. The van der Waals surface area contributed by atoms with Gasteiger partial charge in [0, 0.05) is 23.7 Å². The lowest BCUT2D eigenvalue weighted by Gasteiger charge is -2.02. The predicted octanol–water partition coefficient (Wildman–Crippen LogP) is 2.35. The van der Waals surface area contributed by atoms with E-state index in [0.29, 0.717) is 5.84 Å². The van der Waals surface area contributed by atoms with Crippen molar-refractivity contribution >= 4 is 16.7 Å². The Bertz CT molecular complexity index is 517. The molecule has 3 heteroatoms. The number of fused-ring (bicyclic) bond motifs is 1. The predicted molar refractivity (Wildman–Crippen MR) is 67.6 cm³/mol. The van der Waals surface area contributed by atoms with E-state index in [4.69, 9.17) is 5.73 Å². The fraction of sp³-hybridized carbons (Fsp3) is 0.231. The molecule has 2 aromatic rings. The van der Waals surface area contributed by atoms with Crippen molar-refractivity contribution in [1.29, 1.82) is 0 Å². The molecule has 0 spiro atoms. The van der Waals surface area contributed by atoms with Crippen molar-refractivity contribution in [3.8, 4) is 0 Å². The highest BCUT2D eigenvalue weighted by molar-refractivity contribution is 6.00. The van der Waals surface area contributed by atoms with E-state index >= 15 is 0 Å². The fourth-order valence-electron chi connectivity index (χ4n) is 1.56. The van der Waals surface area contributed by atoms with Crippen LogP contribution in [-0.2, 0) is 0 Å². The van der Waals surface area contributed by atoms with Gasteiger partial charge in [-0.2, -0.15) is 0 Å². The molecule has 2 rings (SSSR count). The molecule has 0 saturated heterocycles. The lowest BCUT2D eigenvalue weighted by Crippen LogP contribution is -2.13. The van der Waals surface area contributed by atoms with Crippen LogP contribution >= 0.6 is 0 Å². The van der Waals surface area contributed by atoms with Crippen LogP contribution in [0.4, 0.5) is 0 Å². The summed E-state index contributed by atoms with van der Waals surface area (Å²) >= 11 is 0. The van der Waals surface area contributed by atoms with Crippen molar-refractivity contribution in [2.75, 3.05) is 6.54 Å².